The number of hydrogen-bond donors (Lipinski definition) is 1. The van der Waals surface area contributed by atoms with Crippen LogP contribution in [0.3, 0.4) is 0 Å². The molecule has 2 aliphatic rings. The lowest BCUT2D eigenvalue weighted by atomic mass is 10.0. The number of nitrogens with one attached hydrogen (secondary N) is 1. The fourth-order valence-electron chi connectivity index (χ4n) is 3.83. The van der Waals surface area contributed by atoms with E-state index in [4.69, 9.17) is 4.74 Å². The molecule has 1 amide bonds. The van der Waals surface area contributed by atoms with Crippen molar-refractivity contribution in [1.82, 2.24) is 15.2 Å². The number of anilines is 1. The Bertz CT molecular complexity index is 574. The molecule has 138 valence electrons. The van der Waals surface area contributed by atoms with Crippen molar-refractivity contribution in [3.63, 3.8) is 0 Å². The van der Waals surface area contributed by atoms with Gasteiger partial charge in [0.1, 0.15) is 5.82 Å². The predicted octanol–water partition coefficient (Wildman–Crippen LogP) is 1.91. The number of pyridine rings is 1. The van der Waals surface area contributed by atoms with E-state index < -0.39 is 0 Å². The Labute approximate surface area is 150 Å². The lowest BCUT2D eigenvalue weighted by Crippen LogP contribution is -2.48. The standard InChI is InChI=1S/C19H30N4O2/c1-15-6-3-4-9-23(15)16(2)14-21-19(24)17-7-5-8-20-18(17)22-10-12-25-13-11-22/h5,7-8,15-16H,3-4,6,9-14H2,1-2H3,(H,21,24). The number of likely N-dealkylation sites (tertiary alicyclic amines) is 1. The van der Waals surface area contributed by atoms with Crippen LogP contribution in [-0.2, 0) is 4.74 Å². The Hall–Kier alpha value is -1.66. The molecular formula is C19H30N4O2. The molecular weight excluding hydrogens is 316 g/mol. The van der Waals surface area contributed by atoms with E-state index in [-0.39, 0.29) is 5.91 Å². The first-order valence-electron chi connectivity index (χ1n) is 9.48. The summed E-state index contributed by atoms with van der Waals surface area (Å²) in [5.74, 6) is 0.730. The lowest BCUT2D eigenvalue weighted by molar-refractivity contribution is 0.0885. The number of rotatable bonds is 5. The number of piperidine rings is 1. The van der Waals surface area contributed by atoms with Crippen LogP contribution >= 0.6 is 0 Å². The molecule has 0 saturated carbocycles. The molecule has 0 spiro atoms. The lowest BCUT2D eigenvalue weighted by Gasteiger charge is -2.38. The molecule has 2 atom stereocenters. The summed E-state index contributed by atoms with van der Waals surface area (Å²) in [5, 5.41) is 3.12. The van der Waals surface area contributed by atoms with E-state index in [2.05, 4.69) is 33.9 Å². The highest BCUT2D eigenvalue weighted by Crippen LogP contribution is 2.20. The average molecular weight is 346 g/mol. The molecule has 6 heteroatoms. The Morgan fingerprint density at radius 2 is 2.16 bits per heavy atom. The van der Waals surface area contributed by atoms with Gasteiger partial charge in [0.15, 0.2) is 0 Å². The highest BCUT2D eigenvalue weighted by molar-refractivity contribution is 5.98. The maximum atomic E-state index is 12.7. The first-order chi connectivity index (χ1) is 12.2. The third-order valence-corrected chi connectivity index (χ3v) is 5.32. The average Bonchev–Trinajstić information content (AvgIpc) is 2.67. The normalized spacial score (nSPS) is 23.3. The monoisotopic (exact) mass is 346 g/mol. The molecule has 2 aliphatic heterocycles. The van der Waals surface area contributed by atoms with Gasteiger partial charge < -0.3 is 15.0 Å². The molecule has 1 aromatic heterocycles. The van der Waals surface area contributed by atoms with E-state index in [9.17, 15) is 4.79 Å². The number of nitrogens with zero attached hydrogens (tertiary/aromatic N) is 3. The van der Waals surface area contributed by atoms with Crippen LogP contribution in [0, 0.1) is 0 Å². The molecule has 3 heterocycles. The van der Waals surface area contributed by atoms with Gasteiger partial charge in [-0.15, -0.1) is 0 Å². The van der Waals surface area contributed by atoms with Gasteiger partial charge >= 0.3 is 0 Å². The van der Waals surface area contributed by atoms with Crippen molar-refractivity contribution in [1.29, 1.82) is 0 Å². The molecule has 2 fully saturated rings. The molecule has 25 heavy (non-hydrogen) atoms. The van der Waals surface area contributed by atoms with Crippen molar-refractivity contribution < 1.29 is 9.53 Å². The summed E-state index contributed by atoms with van der Waals surface area (Å²) in [5.41, 5.74) is 0.656. The third kappa shape index (κ3) is 4.50. The first kappa shape index (κ1) is 18.1. The van der Waals surface area contributed by atoms with Crippen LogP contribution in [-0.4, -0.2) is 67.3 Å². The molecule has 0 aromatic carbocycles. The largest absolute Gasteiger partial charge is 0.378 e. The maximum absolute atomic E-state index is 12.7. The predicted molar refractivity (Wildman–Crippen MR) is 99.1 cm³/mol. The van der Waals surface area contributed by atoms with E-state index in [0.717, 1.165) is 25.5 Å². The number of amides is 1. The summed E-state index contributed by atoms with van der Waals surface area (Å²) in [7, 11) is 0. The van der Waals surface area contributed by atoms with Gasteiger partial charge in [-0.05, 0) is 45.4 Å². The number of ether oxygens (including phenoxy) is 1. The smallest absolute Gasteiger partial charge is 0.255 e. The van der Waals surface area contributed by atoms with Gasteiger partial charge in [0.2, 0.25) is 0 Å². The Morgan fingerprint density at radius 3 is 2.92 bits per heavy atom. The fraction of sp³-hybridized carbons (Fsp3) is 0.684. The second-order valence-electron chi connectivity index (χ2n) is 7.12. The van der Waals surface area contributed by atoms with Crippen LogP contribution in [0.4, 0.5) is 5.82 Å². The molecule has 2 unspecified atom stereocenters. The summed E-state index contributed by atoms with van der Waals surface area (Å²) in [4.78, 5) is 21.8. The van der Waals surface area contributed by atoms with Crippen LogP contribution in [0.2, 0.25) is 0 Å². The Morgan fingerprint density at radius 1 is 1.36 bits per heavy atom. The molecule has 1 N–H and O–H groups in total. The summed E-state index contributed by atoms with van der Waals surface area (Å²) >= 11 is 0. The van der Waals surface area contributed by atoms with Crippen LogP contribution in [0.15, 0.2) is 18.3 Å². The summed E-state index contributed by atoms with van der Waals surface area (Å²) in [6.07, 6.45) is 5.57. The minimum atomic E-state index is -0.0360. The molecule has 2 saturated heterocycles. The molecule has 0 radical (unpaired) electrons. The van der Waals surface area contributed by atoms with E-state index in [1.807, 2.05) is 12.1 Å². The van der Waals surface area contributed by atoms with Crippen molar-refractivity contribution in [2.75, 3.05) is 44.3 Å². The van der Waals surface area contributed by atoms with E-state index in [1.165, 1.54) is 19.3 Å². The molecule has 6 nitrogen and oxygen atoms in total. The fourth-order valence-corrected chi connectivity index (χ4v) is 3.83. The highest BCUT2D eigenvalue weighted by atomic mass is 16.5. The van der Waals surface area contributed by atoms with E-state index >= 15 is 0 Å². The van der Waals surface area contributed by atoms with Crippen molar-refractivity contribution in [3.8, 4) is 0 Å². The van der Waals surface area contributed by atoms with E-state index in [0.29, 0.717) is 37.4 Å². The summed E-state index contributed by atoms with van der Waals surface area (Å²) in [6.45, 7) is 9.20. The number of carbonyl (C=O) groups is 1. The topological polar surface area (TPSA) is 57.7 Å². The van der Waals surface area contributed by atoms with Gasteiger partial charge in [-0.2, -0.15) is 0 Å². The van der Waals surface area contributed by atoms with Gasteiger partial charge in [-0.1, -0.05) is 6.42 Å². The second-order valence-corrected chi connectivity index (χ2v) is 7.12. The number of hydrogen-bond acceptors (Lipinski definition) is 5. The van der Waals surface area contributed by atoms with Gasteiger partial charge in [0, 0.05) is 37.9 Å². The van der Waals surface area contributed by atoms with Gasteiger partial charge in [0.25, 0.3) is 5.91 Å². The maximum Gasteiger partial charge on any atom is 0.255 e. The highest BCUT2D eigenvalue weighted by Gasteiger charge is 2.24. The van der Waals surface area contributed by atoms with Crippen LogP contribution < -0.4 is 10.2 Å². The minimum absolute atomic E-state index is 0.0360. The molecule has 3 rings (SSSR count). The molecule has 0 bridgehead atoms. The van der Waals surface area contributed by atoms with Gasteiger partial charge in [-0.3, -0.25) is 9.69 Å². The summed E-state index contributed by atoms with van der Waals surface area (Å²) in [6, 6.07) is 4.64. The third-order valence-electron chi connectivity index (χ3n) is 5.32. The van der Waals surface area contributed by atoms with Crippen LogP contribution in [0.5, 0.6) is 0 Å². The molecule has 1 aromatic rings. The van der Waals surface area contributed by atoms with Gasteiger partial charge in [0.05, 0.1) is 18.8 Å². The van der Waals surface area contributed by atoms with Crippen LogP contribution in [0.1, 0.15) is 43.5 Å². The number of morpholine rings is 1. The van der Waals surface area contributed by atoms with Gasteiger partial charge in [-0.25, -0.2) is 4.98 Å². The minimum Gasteiger partial charge on any atom is -0.378 e. The van der Waals surface area contributed by atoms with E-state index in [1.54, 1.807) is 6.20 Å². The Balaban J connectivity index is 1.61. The van der Waals surface area contributed by atoms with Crippen molar-refractivity contribution >= 4 is 11.7 Å². The van der Waals surface area contributed by atoms with Crippen molar-refractivity contribution in [3.05, 3.63) is 23.9 Å². The van der Waals surface area contributed by atoms with Crippen LogP contribution in [0.25, 0.3) is 0 Å². The zero-order valence-corrected chi connectivity index (χ0v) is 15.4. The van der Waals surface area contributed by atoms with Crippen molar-refractivity contribution in [2.45, 2.75) is 45.2 Å². The summed E-state index contributed by atoms with van der Waals surface area (Å²) < 4.78 is 5.40. The Kier molecular flexibility index (Phi) is 6.26. The zero-order chi connectivity index (χ0) is 17.6. The van der Waals surface area contributed by atoms with Crippen molar-refractivity contribution in [2.24, 2.45) is 0 Å². The zero-order valence-electron chi connectivity index (χ0n) is 15.4. The number of carbonyl (C=O) groups excluding carboxylic acids is 1. The second kappa shape index (κ2) is 8.63. The number of aromatic nitrogens is 1. The molecule has 0 aliphatic carbocycles. The first-order valence-corrected chi connectivity index (χ1v) is 9.48. The quantitative estimate of drug-likeness (QED) is 0.883. The SMILES string of the molecule is CC1CCCCN1C(C)CNC(=O)c1cccnc1N1CCOCC1.